The predicted octanol–water partition coefficient (Wildman–Crippen LogP) is 3.83. The number of aryl methyl sites for hydroxylation is 1. The molecule has 0 saturated carbocycles. The van der Waals surface area contributed by atoms with Crippen LogP contribution in [0.3, 0.4) is 0 Å². The average Bonchev–Trinajstić information content (AvgIpc) is 2.55. The fourth-order valence-electron chi connectivity index (χ4n) is 2.42. The first-order valence-electron chi connectivity index (χ1n) is 7.13. The molecule has 1 aromatic heterocycles. The molecule has 0 atom stereocenters. The second-order valence-corrected chi connectivity index (χ2v) is 5.01. The highest BCUT2D eigenvalue weighted by atomic mass is 16.5. The smallest absolute Gasteiger partial charge is 0.128 e. The van der Waals surface area contributed by atoms with E-state index in [1.54, 1.807) is 12.4 Å². The van der Waals surface area contributed by atoms with Gasteiger partial charge in [0.05, 0.1) is 6.61 Å². The van der Waals surface area contributed by atoms with E-state index in [1.807, 2.05) is 24.3 Å². The number of hydrogen-bond acceptors (Lipinski definition) is 3. The van der Waals surface area contributed by atoms with E-state index >= 15 is 0 Å². The van der Waals surface area contributed by atoms with E-state index in [2.05, 4.69) is 29.2 Å². The molecule has 0 saturated heterocycles. The Labute approximate surface area is 124 Å². The van der Waals surface area contributed by atoms with Gasteiger partial charge in [0, 0.05) is 28.9 Å². The maximum atomic E-state index is 5.97. The van der Waals surface area contributed by atoms with E-state index in [9.17, 15) is 0 Å². The van der Waals surface area contributed by atoms with Crippen molar-refractivity contribution < 1.29 is 4.74 Å². The number of hydrogen-bond donors (Lipinski definition) is 1. The summed E-state index contributed by atoms with van der Waals surface area (Å²) < 4.78 is 5.90. The van der Waals surface area contributed by atoms with Crippen LogP contribution < -0.4 is 10.5 Å². The van der Waals surface area contributed by atoms with Crippen LogP contribution in [0.2, 0.25) is 0 Å². The van der Waals surface area contributed by atoms with Crippen LogP contribution in [0, 0.1) is 0 Å². The van der Waals surface area contributed by atoms with Crippen LogP contribution in [0.4, 0.5) is 5.69 Å². The number of aromatic nitrogens is 1. The number of nitrogens with zero attached hydrogens (tertiary/aromatic N) is 1. The van der Waals surface area contributed by atoms with Crippen molar-refractivity contribution in [2.75, 3.05) is 12.3 Å². The minimum atomic E-state index is 0.683. The largest absolute Gasteiger partial charge is 0.493 e. The minimum Gasteiger partial charge on any atom is -0.493 e. The van der Waals surface area contributed by atoms with Crippen molar-refractivity contribution in [3.05, 3.63) is 66.5 Å². The van der Waals surface area contributed by atoms with Gasteiger partial charge >= 0.3 is 0 Å². The molecule has 0 radical (unpaired) electrons. The number of rotatable bonds is 5. The molecule has 1 heterocycles. The van der Waals surface area contributed by atoms with Gasteiger partial charge in [0.1, 0.15) is 5.75 Å². The van der Waals surface area contributed by atoms with E-state index in [0.717, 1.165) is 35.1 Å². The minimum absolute atomic E-state index is 0.683. The molecule has 3 heteroatoms. The molecular weight excluding hydrogens is 260 g/mol. The number of benzene rings is 2. The summed E-state index contributed by atoms with van der Waals surface area (Å²) in [6.45, 7) is 0.683. The summed E-state index contributed by atoms with van der Waals surface area (Å²) in [6, 6.07) is 16.2. The highest BCUT2D eigenvalue weighted by Crippen LogP contribution is 2.29. The maximum absolute atomic E-state index is 5.97. The van der Waals surface area contributed by atoms with Crippen molar-refractivity contribution in [3.8, 4) is 5.75 Å². The molecule has 2 N–H and O–H groups in total. The monoisotopic (exact) mass is 278 g/mol. The van der Waals surface area contributed by atoms with Gasteiger partial charge in [-0.1, -0.05) is 30.3 Å². The number of anilines is 1. The van der Waals surface area contributed by atoms with Gasteiger partial charge < -0.3 is 10.5 Å². The summed E-state index contributed by atoms with van der Waals surface area (Å²) >= 11 is 0. The Kier molecular flexibility index (Phi) is 4.01. The Morgan fingerprint density at radius 2 is 1.81 bits per heavy atom. The Balaban J connectivity index is 1.65. The topological polar surface area (TPSA) is 48.1 Å². The summed E-state index contributed by atoms with van der Waals surface area (Å²) in [5.74, 6) is 0.848. The van der Waals surface area contributed by atoms with Crippen LogP contribution in [0.1, 0.15) is 12.0 Å². The van der Waals surface area contributed by atoms with Crippen LogP contribution in [0.25, 0.3) is 10.8 Å². The molecule has 0 aliphatic heterocycles. The molecular formula is C18H18N2O. The van der Waals surface area contributed by atoms with Crippen molar-refractivity contribution in [3.63, 3.8) is 0 Å². The molecule has 0 unspecified atom stereocenters. The average molecular weight is 278 g/mol. The molecule has 0 spiro atoms. The molecule has 0 amide bonds. The van der Waals surface area contributed by atoms with Gasteiger partial charge in [-0.15, -0.1) is 0 Å². The molecule has 2 aromatic carbocycles. The molecule has 3 nitrogen and oxygen atoms in total. The lowest BCUT2D eigenvalue weighted by Crippen LogP contribution is -2.00. The second kappa shape index (κ2) is 6.27. The van der Waals surface area contributed by atoms with Gasteiger partial charge in [0.15, 0.2) is 0 Å². The van der Waals surface area contributed by atoms with Crippen LogP contribution >= 0.6 is 0 Å². The zero-order chi connectivity index (χ0) is 14.5. The van der Waals surface area contributed by atoms with Gasteiger partial charge in [-0.2, -0.15) is 0 Å². The summed E-state index contributed by atoms with van der Waals surface area (Å²) in [5.41, 5.74) is 8.06. The number of nitrogen functional groups attached to an aromatic ring is 1. The summed E-state index contributed by atoms with van der Waals surface area (Å²) in [7, 11) is 0. The fraction of sp³-hybridized carbons (Fsp3) is 0.167. The molecule has 0 aliphatic rings. The normalized spacial score (nSPS) is 10.7. The van der Waals surface area contributed by atoms with Gasteiger partial charge in [-0.25, -0.2) is 0 Å². The first-order chi connectivity index (χ1) is 10.3. The first-order valence-corrected chi connectivity index (χ1v) is 7.13. The summed E-state index contributed by atoms with van der Waals surface area (Å²) in [6.07, 6.45) is 5.55. The van der Waals surface area contributed by atoms with Gasteiger partial charge in [-0.3, -0.25) is 4.98 Å². The third kappa shape index (κ3) is 3.14. The zero-order valence-electron chi connectivity index (χ0n) is 11.8. The molecule has 3 aromatic rings. The SMILES string of the molecule is Nc1ccc(OCCCc2ccccc2)c2cnccc12. The van der Waals surface area contributed by atoms with E-state index in [-0.39, 0.29) is 0 Å². The third-order valence-electron chi connectivity index (χ3n) is 3.52. The third-order valence-corrected chi connectivity index (χ3v) is 3.52. The van der Waals surface area contributed by atoms with Crippen molar-refractivity contribution in [1.29, 1.82) is 0 Å². The summed E-state index contributed by atoms with van der Waals surface area (Å²) in [5, 5.41) is 1.96. The highest BCUT2D eigenvalue weighted by Gasteiger charge is 2.05. The quantitative estimate of drug-likeness (QED) is 0.570. The standard InChI is InChI=1S/C18H18N2O/c19-17-8-9-18(16-13-20-11-10-15(16)17)21-12-4-7-14-5-2-1-3-6-14/h1-3,5-6,8-11,13H,4,7,12,19H2. The van der Waals surface area contributed by atoms with Crippen molar-refractivity contribution >= 4 is 16.5 Å². The van der Waals surface area contributed by atoms with Crippen LogP contribution in [-0.2, 0) is 6.42 Å². The van der Waals surface area contributed by atoms with Gasteiger partial charge in [0.2, 0.25) is 0 Å². The maximum Gasteiger partial charge on any atom is 0.128 e. The van der Waals surface area contributed by atoms with E-state index in [0.29, 0.717) is 6.61 Å². The molecule has 0 aliphatic carbocycles. The van der Waals surface area contributed by atoms with Crippen LogP contribution in [-0.4, -0.2) is 11.6 Å². The highest BCUT2D eigenvalue weighted by molar-refractivity contribution is 5.96. The molecule has 3 rings (SSSR count). The molecule has 0 fully saturated rings. The Morgan fingerprint density at radius 1 is 0.952 bits per heavy atom. The zero-order valence-corrected chi connectivity index (χ0v) is 11.8. The summed E-state index contributed by atoms with van der Waals surface area (Å²) in [4.78, 5) is 4.15. The van der Waals surface area contributed by atoms with E-state index in [4.69, 9.17) is 10.5 Å². The van der Waals surface area contributed by atoms with Crippen molar-refractivity contribution in [2.24, 2.45) is 0 Å². The number of nitrogens with two attached hydrogens (primary N) is 1. The Morgan fingerprint density at radius 3 is 2.67 bits per heavy atom. The Bertz CT molecular complexity index is 726. The second-order valence-electron chi connectivity index (χ2n) is 5.01. The fourth-order valence-corrected chi connectivity index (χ4v) is 2.42. The van der Waals surface area contributed by atoms with Gasteiger partial charge in [-0.05, 0) is 36.6 Å². The molecule has 106 valence electrons. The number of ether oxygens (including phenoxy) is 1. The van der Waals surface area contributed by atoms with Crippen molar-refractivity contribution in [2.45, 2.75) is 12.8 Å². The lowest BCUT2D eigenvalue weighted by atomic mass is 10.1. The van der Waals surface area contributed by atoms with E-state index in [1.165, 1.54) is 5.56 Å². The lowest BCUT2D eigenvalue weighted by Gasteiger charge is -2.10. The lowest BCUT2D eigenvalue weighted by molar-refractivity contribution is 0.314. The predicted molar refractivity (Wildman–Crippen MR) is 86.4 cm³/mol. The molecule has 21 heavy (non-hydrogen) atoms. The number of fused-ring (bicyclic) bond motifs is 1. The Hall–Kier alpha value is -2.55. The number of pyridine rings is 1. The molecule has 0 bridgehead atoms. The van der Waals surface area contributed by atoms with Crippen LogP contribution in [0.5, 0.6) is 5.75 Å². The van der Waals surface area contributed by atoms with Gasteiger partial charge in [0.25, 0.3) is 0 Å². The van der Waals surface area contributed by atoms with Crippen molar-refractivity contribution in [1.82, 2.24) is 4.98 Å². The van der Waals surface area contributed by atoms with Crippen LogP contribution in [0.15, 0.2) is 60.9 Å². The first kappa shape index (κ1) is 13.4. The van der Waals surface area contributed by atoms with E-state index < -0.39 is 0 Å².